The van der Waals surface area contributed by atoms with E-state index in [9.17, 15) is 9.59 Å². The summed E-state index contributed by atoms with van der Waals surface area (Å²) in [5, 5.41) is 14.4. The first-order valence-electron chi connectivity index (χ1n) is 6.90. The van der Waals surface area contributed by atoms with Crippen LogP contribution in [0.1, 0.15) is 15.9 Å². The van der Waals surface area contributed by atoms with Gasteiger partial charge in [0.1, 0.15) is 11.6 Å². The van der Waals surface area contributed by atoms with Crippen LogP contribution >= 0.6 is 0 Å². The molecule has 1 aromatic carbocycles. The van der Waals surface area contributed by atoms with E-state index >= 15 is 0 Å². The third kappa shape index (κ3) is 6.20. The number of carbonyl (C=O) groups excluding carboxylic acids is 2. The smallest absolute Gasteiger partial charge is 0.337 e. The van der Waals surface area contributed by atoms with Gasteiger partial charge >= 0.3 is 5.97 Å². The van der Waals surface area contributed by atoms with E-state index in [0.29, 0.717) is 25.3 Å². The Labute approximate surface area is 134 Å². The number of ether oxygens (including phenoxy) is 2. The molecule has 0 atom stereocenters. The number of hydrogen-bond acceptors (Lipinski definition) is 6. The fourth-order valence-corrected chi connectivity index (χ4v) is 1.66. The van der Waals surface area contributed by atoms with Crippen molar-refractivity contribution in [2.75, 3.05) is 27.4 Å². The molecule has 1 amide bonds. The summed E-state index contributed by atoms with van der Waals surface area (Å²) in [7, 11) is 2.85. The van der Waals surface area contributed by atoms with E-state index in [1.807, 2.05) is 6.07 Å². The summed E-state index contributed by atoms with van der Waals surface area (Å²) in [6.07, 6.45) is 1.36. The summed E-state index contributed by atoms with van der Waals surface area (Å²) < 4.78 is 9.43. The van der Waals surface area contributed by atoms with E-state index in [-0.39, 0.29) is 5.57 Å². The van der Waals surface area contributed by atoms with Gasteiger partial charge < -0.3 is 20.1 Å². The molecule has 0 aromatic heterocycles. The second kappa shape index (κ2) is 9.97. The van der Waals surface area contributed by atoms with Crippen molar-refractivity contribution >= 4 is 11.9 Å². The predicted molar refractivity (Wildman–Crippen MR) is 83.2 cm³/mol. The van der Waals surface area contributed by atoms with Gasteiger partial charge in [0.15, 0.2) is 0 Å². The molecule has 7 heteroatoms. The molecule has 0 spiro atoms. The van der Waals surface area contributed by atoms with Gasteiger partial charge in [0.05, 0.1) is 19.3 Å². The van der Waals surface area contributed by atoms with Crippen molar-refractivity contribution in [3.05, 3.63) is 47.2 Å². The Balaban J connectivity index is 2.54. The molecule has 23 heavy (non-hydrogen) atoms. The molecule has 0 saturated carbocycles. The highest BCUT2D eigenvalue weighted by Crippen LogP contribution is 2.05. The quantitative estimate of drug-likeness (QED) is 0.317. The first-order valence-corrected chi connectivity index (χ1v) is 6.90. The van der Waals surface area contributed by atoms with Crippen LogP contribution in [0.25, 0.3) is 0 Å². The van der Waals surface area contributed by atoms with Gasteiger partial charge in [-0.3, -0.25) is 4.79 Å². The minimum atomic E-state index is -0.460. The van der Waals surface area contributed by atoms with E-state index in [4.69, 9.17) is 10.00 Å². The fourth-order valence-electron chi connectivity index (χ4n) is 1.66. The Morgan fingerprint density at radius 1 is 1.26 bits per heavy atom. The van der Waals surface area contributed by atoms with Crippen LogP contribution in [0.5, 0.6) is 0 Å². The monoisotopic (exact) mass is 317 g/mol. The number of hydrogen-bond donors (Lipinski definition) is 2. The molecule has 0 heterocycles. The SMILES string of the molecule is COCCNC(=O)/C(C#N)=C\NCc1ccc(C(=O)OC)cc1. The Bertz CT molecular complexity index is 603. The zero-order chi connectivity index (χ0) is 17.1. The van der Waals surface area contributed by atoms with Crippen LogP contribution in [-0.4, -0.2) is 39.2 Å². The molecular formula is C16H19N3O4. The molecule has 2 N–H and O–H groups in total. The number of nitrogens with one attached hydrogen (secondary N) is 2. The molecule has 1 aromatic rings. The standard InChI is InChI=1S/C16H19N3O4/c1-22-8-7-19-15(20)14(9-17)11-18-10-12-3-5-13(6-4-12)16(21)23-2/h3-6,11,18H,7-8,10H2,1-2H3,(H,19,20)/b14-11-. The van der Waals surface area contributed by atoms with Crippen molar-refractivity contribution in [3.63, 3.8) is 0 Å². The van der Waals surface area contributed by atoms with E-state index in [0.717, 1.165) is 5.56 Å². The minimum absolute atomic E-state index is 0.0210. The van der Waals surface area contributed by atoms with Gasteiger partial charge in [-0.2, -0.15) is 5.26 Å². The second-order valence-corrected chi connectivity index (χ2v) is 4.49. The Morgan fingerprint density at radius 3 is 2.52 bits per heavy atom. The molecule has 0 saturated heterocycles. The molecule has 0 aliphatic heterocycles. The van der Waals surface area contributed by atoms with E-state index < -0.39 is 11.9 Å². The second-order valence-electron chi connectivity index (χ2n) is 4.49. The number of amides is 1. The average molecular weight is 317 g/mol. The van der Waals surface area contributed by atoms with Crippen LogP contribution < -0.4 is 10.6 Å². The average Bonchev–Trinajstić information content (AvgIpc) is 2.58. The van der Waals surface area contributed by atoms with Crippen molar-refractivity contribution in [2.45, 2.75) is 6.54 Å². The van der Waals surface area contributed by atoms with Crippen LogP contribution in [0.4, 0.5) is 0 Å². The molecular weight excluding hydrogens is 298 g/mol. The molecule has 1 rings (SSSR count). The Kier molecular flexibility index (Phi) is 7.89. The summed E-state index contributed by atoms with van der Waals surface area (Å²) in [4.78, 5) is 23.0. The summed E-state index contributed by atoms with van der Waals surface area (Å²) in [6, 6.07) is 8.65. The number of rotatable bonds is 8. The molecule has 0 bridgehead atoms. The third-order valence-electron chi connectivity index (χ3n) is 2.88. The number of nitriles is 1. The normalized spacial score (nSPS) is 10.6. The zero-order valence-corrected chi connectivity index (χ0v) is 13.1. The summed E-state index contributed by atoms with van der Waals surface area (Å²) >= 11 is 0. The lowest BCUT2D eigenvalue weighted by Gasteiger charge is -2.05. The number of nitrogens with zero attached hydrogens (tertiary/aromatic N) is 1. The Morgan fingerprint density at radius 2 is 1.96 bits per heavy atom. The van der Waals surface area contributed by atoms with E-state index in [1.54, 1.807) is 24.3 Å². The van der Waals surface area contributed by atoms with Gasteiger partial charge in [-0.1, -0.05) is 12.1 Å². The molecule has 0 aliphatic rings. The van der Waals surface area contributed by atoms with E-state index in [1.165, 1.54) is 20.4 Å². The largest absolute Gasteiger partial charge is 0.465 e. The number of carbonyl (C=O) groups is 2. The highest BCUT2D eigenvalue weighted by atomic mass is 16.5. The van der Waals surface area contributed by atoms with Crippen LogP contribution in [-0.2, 0) is 20.8 Å². The summed E-state index contributed by atoms with van der Waals surface area (Å²) in [5.41, 5.74) is 1.33. The maximum Gasteiger partial charge on any atom is 0.337 e. The lowest BCUT2D eigenvalue weighted by atomic mass is 10.1. The van der Waals surface area contributed by atoms with Gasteiger partial charge in [-0.25, -0.2) is 4.79 Å². The topological polar surface area (TPSA) is 100 Å². The van der Waals surface area contributed by atoms with Crippen molar-refractivity contribution in [1.82, 2.24) is 10.6 Å². The molecule has 122 valence electrons. The maximum absolute atomic E-state index is 11.7. The van der Waals surface area contributed by atoms with Crippen molar-refractivity contribution in [2.24, 2.45) is 0 Å². The fraction of sp³-hybridized carbons (Fsp3) is 0.312. The lowest BCUT2D eigenvalue weighted by Crippen LogP contribution is -2.28. The first-order chi connectivity index (χ1) is 11.1. The van der Waals surface area contributed by atoms with Crippen LogP contribution in [0.15, 0.2) is 36.0 Å². The zero-order valence-electron chi connectivity index (χ0n) is 13.1. The molecule has 0 unspecified atom stereocenters. The number of benzene rings is 1. The Hall–Kier alpha value is -2.85. The summed E-state index contributed by atoms with van der Waals surface area (Å²) in [5.74, 6) is -0.859. The lowest BCUT2D eigenvalue weighted by molar-refractivity contribution is -0.117. The van der Waals surface area contributed by atoms with Gasteiger partial charge in [0.25, 0.3) is 5.91 Å². The molecule has 7 nitrogen and oxygen atoms in total. The predicted octanol–water partition coefficient (Wildman–Crippen LogP) is 0.733. The van der Waals surface area contributed by atoms with Crippen LogP contribution in [0, 0.1) is 11.3 Å². The maximum atomic E-state index is 11.7. The number of methoxy groups -OCH3 is 2. The van der Waals surface area contributed by atoms with Crippen molar-refractivity contribution in [1.29, 1.82) is 5.26 Å². The van der Waals surface area contributed by atoms with Crippen molar-refractivity contribution < 1.29 is 19.1 Å². The molecule has 0 fully saturated rings. The van der Waals surface area contributed by atoms with Crippen molar-refractivity contribution in [3.8, 4) is 6.07 Å². The first kappa shape index (κ1) is 18.2. The van der Waals surface area contributed by atoms with E-state index in [2.05, 4.69) is 15.4 Å². The van der Waals surface area contributed by atoms with Gasteiger partial charge in [0, 0.05) is 26.4 Å². The van der Waals surface area contributed by atoms with Crippen LogP contribution in [0.2, 0.25) is 0 Å². The highest BCUT2D eigenvalue weighted by Gasteiger charge is 2.07. The molecule has 0 aliphatic carbocycles. The molecule has 0 radical (unpaired) electrons. The van der Waals surface area contributed by atoms with Gasteiger partial charge in [-0.15, -0.1) is 0 Å². The summed E-state index contributed by atoms with van der Waals surface area (Å²) in [6.45, 7) is 1.13. The third-order valence-corrected chi connectivity index (χ3v) is 2.88. The highest BCUT2D eigenvalue weighted by molar-refractivity contribution is 5.97. The van der Waals surface area contributed by atoms with Gasteiger partial charge in [-0.05, 0) is 17.7 Å². The number of esters is 1. The van der Waals surface area contributed by atoms with Gasteiger partial charge in [0.2, 0.25) is 0 Å². The minimum Gasteiger partial charge on any atom is -0.465 e. The van der Waals surface area contributed by atoms with Crippen LogP contribution in [0.3, 0.4) is 0 Å².